The van der Waals surface area contributed by atoms with Gasteiger partial charge in [-0.25, -0.2) is 0 Å². The van der Waals surface area contributed by atoms with Crippen LogP contribution in [0.25, 0.3) is 10.8 Å². The molecule has 1 amide bonds. The highest BCUT2D eigenvalue weighted by atomic mass is 35.5. The van der Waals surface area contributed by atoms with Gasteiger partial charge in [0.25, 0.3) is 5.91 Å². The van der Waals surface area contributed by atoms with Crippen molar-refractivity contribution >= 4 is 28.3 Å². The standard InChI is InChI=1S/C23H23ClN2O4/c1-15-11-17(24)5-6-20(15)29-14-23(28)26-10-8-22(19(27)13-26)30-21-4-2-3-16-12-25-9-7-18(16)21/h2-7,9,11-12,19,22,27H,8,10,13-14H2,1H3/t19-,22-/m1/s1. The summed E-state index contributed by atoms with van der Waals surface area (Å²) in [5, 5.41) is 13.1. The Morgan fingerprint density at radius 2 is 2.13 bits per heavy atom. The molecule has 4 rings (SSSR count). The molecule has 0 radical (unpaired) electrons. The molecular formula is C23H23ClN2O4. The maximum Gasteiger partial charge on any atom is 0.260 e. The van der Waals surface area contributed by atoms with Crippen molar-refractivity contribution in [3.8, 4) is 11.5 Å². The van der Waals surface area contributed by atoms with E-state index >= 15 is 0 Å². The first-order chi connectivity index (χ1) is 14.5. The van der Waals surface area contributed by atoms with Crippen LogP contribution < -0.4 is 9.47 Å². The third-order valence-electron chi connectivity index (χ3n) is 5.28. The normalized spacial score (nSPS) is 19.0. The van der Waals surface area contributed by atoms with Gasteiger partial charge >= 0.3 is 0 Å². The lowest BCUT2D eigenvalue weighted by molar-refractivity contribution is -0.139. The molecule has 1 aliphatic heterocycles. The third-order valence-corrected chi connectivity index (χ3v) is 5.52. The number of piperidine rings is 1. The number of nitrogens with zero attached hydrogens (tertiary/aromatic N) is 2. The van der Waals surface area contributed by atoms with Gasteiger partial charge in [-0.05, 0) is 42.8 Å². The summed E-state index contributed by atoms with van der Waals surface area (Å²) in [7, 11) is 0. The molecule has 6 nitrogen and oxygen atoms in total. The molecule has 0 aliphatic carbocycles. The molecule has 2 heterocycles. The first kappa shape index (κ1) is 20.4. The topological polar surface area (TPSA) is 71.9 Å². The lowest BCUT2D eigenvalue weighted by Crippen LogP contribution is -2.52. The average Bonchev–Trinajstić information content (AvgIpc) is 2.74. The summed E-state index contributed by atoms with van der Waals surface area (Å²) in [6.45, 7) is 2.49. The highest BCUT2D eigenvalue weighted by Crippen LogP contribution is 2.28. The number of benzene rings is 2. The van der Waals surface area contributed by atoms with Gasteiger partial charge in [0.2, 0.25) is 0 Å². The van der Waals surface area contributed by atoms with Crippen LogP contribution in [-0.2, 0) is 4.79 Å². The third kappa shape index (κ3) is 4.50. The first-order valence-corrected chi connectivity index (χ1v) is 10.2. The molecule has 1 aliphatic rings. The molecule has 0 saturated carbocycles. The van der Waals surface area contributed by atoms with Gasteiger partial charge in [-0.2, -0.15) is 0 Å². The van der Waals surface area contributed by atoms with Gasteiger partial charge in [-0.3, -0.25) is 9.78 Å². The summed E-state index contributed by atoms with van der Waals surface area (Å²) >= 11 is 5.95. The number of amides is 1. The molecule has 1 fully saturated rings. The second-order valence-corrected chi connectivity index (χ2v) is 7.84. The number of hydrogen-bond acceptors (Lipinski definition) is 5. The van der Waals surface area contributed by atoms with Crippen LogP contribution in [0, 0.1) is 6.92 Å². The number of β-amino-alcohol motifs (C(OH)–C–C–N with tert-alkyl or cyclic N) is 1. The Labute approximate surface area is 180 Å². The first-order valence-electron chi connectivity index (χ1n) is 9.85. The molecule has 156 valence electrons. The van der Waals surface area contributed by atoms with Gasteiger partial charge in [0, 0.05) is 41.2 Å². The lowest BCUT2D eigenvalue weighted by atomic mass is 10.0. The summed E-state index contributed by atoms with van der Waals surface area (Å²) in [6.07, 6.45) is 2.87. The molecule has 1 aromatic heterocycles. The van der Waals surface area contributed by atoms with E-state index in [1.165, 1.54) is 0 Å². The van der Waals surface area contributed by atoms with E-state index in [0.29, 0.717) is 29.5 Å². The number of carbonyl (C=O) groups is 1. The summed E-state index contributed by atoms with van der Waals surface area (Å²) < 4.78 is 11.7. The minimum atomic E-state index is -0.780. The largest absolute Gasteiger partial charge is 0.487 e. The van der Waals surface area contributed by atoms with Crippen LogP contribution in [0.15, 0.2) is 54.9 Å². The van der Waals surface area contributed by atoms with E-state index in [9.17, 15) is 9.90 Å². The molecule has 3 aromatic rings. The molecular weight excluding hydrogens is 404 g/mol. The van der Waals surface area contributed by atoms with Crippen molar-refractivity contribution in [3.05, 3.63) is 65.4 Å². The predicted molar refractivity (Wildman–Crippen MR) is 115 cm³/mol. The number of carbonyl (C=O) groups excluding carboxylic acids is 1. The van der Waals surface area contributed by atoms with E-state index in [0.717, 1.165) is 16.3 Å². The Kier molecular flexibility index (Phi) is 6.06. The van der Waals surface area contributed by atoms with Crippen LogP contribution in [0.4, 0.5) is 0 Å². The average molecular weight is 427 g/mol. The second-order valence-electron chi connectivity index (χ2n) is 7.40. The molecule has 1 N–H and O–H groups in total. The van der Waals surface area contributed by atoms with Crippen molar-refractivity contribution in [2.45, 2.75) is 25.6 Å². The number of pyridine rings is 1. The number of halogens is 1. The van der Waals surface area contributed by atoms with E-state index in [2.05, 4.69) is 4.98 Å². The SMILES string of the molecule is Cc1cc(Cl)ccc1OCC(=O)N1CC[C@@H](Oc2cccc3cnccc23)[C@H](O)C1. The quantitative estimate of drug-likeness (QED) is 0.674. The minimum absolute atomic E-state index is 0.0863. The monoisotopic (exact) mass is 426 g/mol. The van der Waals surface area contributed by atoms with Crippen LogP contribution in [0.3, 0.4) is 0 Å². The van der Waals surface area contributed by atoms with Crippen LogP contribution in [0.5, 0.6) is 11.5 Å². The fourth-order valence-electron chi connectivity index (χ4n) is 3.64. The fraction of sp³-hybridized carbons (Fsp3) is 0.304. The van der Waals surface area contributed by atoms with E-state index in [1.807, 2.05) is 31.2 Å². The van der Waals surface area contributed by atoms with Gasteiger partial charge in [0.1, 0.15) is 23.7 Å². The van der Waals surface area contributed by atoms with Gasteiger partial charge < -0.3 is 19.5 Å². The van der Waals surface area contributed by atoms with Gasteiger partial charge in [0.05, 0.1) is 6.54 Å². The van der Waals surface area contributed by atoms with Crippen LogP contribution in [0.1, 0.15) is 12.0 Å². The number of aryl methyl sites for hydroxylation is 1. The fourth-order valence-corrected chi connectivity index (χ4v) is 3.86. The maximum absolute atomic E-state index is 12.6. The smallest absolute Gasteiger partial charge is 0.260 e. The lowest BCUT2D eigenvalue weighted by Gasteiger charge is -2.36. The number of aromatic nitrogens is 1. The zero-order valence-corrected chi connectivity index (χ0v) is 17.4. The van der Waals surface area contributed by atoms with Gasteiger partial charge in [0.15, 0.2) is 6.61 Å². The van der Waals surface area contributed by atoms with E-state index in [4.69, 9.17) is 21.1 Å². The number of rotatable bonds is 5. The molecule has 30 heavy (non-hydrogen) atoms. The summed E-state index contributed by atoms with van der Waals surface area (Å²) in [5.74, 6) is 1.16. The maximum atomic E-state index is 12.6. The molecule has 1 saturated heterocycles. The van der Waals surface area contributed by atoms with Crippen LogP contribution in [0.2, 0.25) is 5.02 Å². The highest BCUT2D eigenvalue weighted by Gasteiger charge is 2.32. The van der Waals surface area contributed by atoms with Crippen LogP contribution >= 0.6 is 11.6 Å². The van der Waals surface area contributed by atoms with Crippen LogP contribution in [-0.4, -0.2) is 52.8 Å². The van der Waals surface area contributed by atoms with Crippen molar-refractivity contribution in [2.75, 3.05) is 19.7 Å². The predicted octanol–water partition coefficient (Wildman–Crippen LogP) is 3.62. The van der Waals surface area contributed by atoms with Crippen molar-refractivity contribution in [3.63, 3.8) is 0 Å². The summed E-state index contributed by atoms with van der Waals surface area (Å²) in [6, 6.07) is 12.9. The van der Waals surface area contributed by atoms with E-state index < -0.39 is 6.10 Å². The summed E-state index contributed by atoms with van der Waals surface area (Å²) in [5.41, 5.74) is 0.868. The van der Waals surface area contributed by atoms with Crippen molar-refractivity contribution in [1.82, 2.24) is 9.88 Å². The zero-order chi connectivity index (χ0) is 21.1. The number of aliphatic hydroxyl groups is 1. The zero-order valence-electron chi connectivity index (χ0n) is 16.6. The Morgan fingerprint density at radius 3 is 2.93 bits per heavy atom. The van der Waals surface area contributed by atoms with Gasteiger partial charge in [-0.15, -0.1) is 0 Å². The molecule has 2 aromatic carbocycles. The minimum Gasteiger partial charge on any atom is -0.487 e. The molecule has 0 unspecified atom stereocenters. The van der Waals surface area contributed by atoms with Gasteiger partial charge in [-0.1, -0.05) is 23.7 Å². The number of aliphatic hydroxyl groups excluding tert-OH is 1. The Bertz CT molecular complexity index is 1050. The van der Waals surface area contributed by atoms with Crippen molar-refractivity contribution < 1.29 is 19.4 Å². The van der Waals surface area contributed by atoms with Crippen molar-refractivity contribution in [1.29, 1.82) is 0 Å². The number of likely N-dealkylation sites (tertiary alicyclic amines) is 1. The highest BCUT2D eigenvalue weighted by molar-refractivity contribution is 6.30. The summed E-state index contributed by atoms with van der Waals surface area (Å²) in [4.78, 5) is 18.3. The second kappa shape index (κ2) is 8.90. The number of ether oxygens (including phenoxy) is 2. The molecule has 2 atom stereocenters. The number of fused-ring (bicyclic) bond motifs is 1. The number of hydrogen-bond donors (Lipinski definition) is 1. The molecule has 0 bridgehead atoms. The Morgan fingerprint density at radius 1 is 1.27 bits per heavy atom. The van der Waals surface area contributed by atoms with E-state index in [1.54, 1.807) is 35.5 Å². The molecule has 7 heteroatoms. The van der Waals surface area contributed by atoms with E-state index in [-0.39, 0.29) is 25.2 Å². The van der Waals surface area contributed by atoms with Crippen molar-refractivity contribution in [2.24, 2.45) is 0 Å². The molecule has 0 spiro atoms. The Balaban J connectivity index is 1.35. The Hall–Kier alpha value is -2.83.